The average molecular weight is 272 g/mol. The zero-order valence-corrected chi connectivity index (χ0v) is 10.3. The number of carbonyl (C=O) groups is 1. The molecule has 1 aromatic carbocycles. The number of halogens is 1. The number of benzene rings is 1. The molecule has 0 unspecified atom stereocenters. The van der Waals surface area contributed by atoms with Gasteiger partial charge in [-0.2, -0.15) is 0 Å². The van der Waals surface area contributed by atoms with E-state index in [9.17, 15) is 4.79 Å². The van der Waals surface area contributed by atoms with Gasteiger partial charge in [-0.3, -0.25) is 0 Å². The number of hydrogen-bond donors (Lipinski definition) is 2. The molecule has 1 amide bonds. The summed E-state index contributed by atoms with van der Waals surface area (Å²) < 4.78 is 1.01. The van der Waals surface area contributed by atoms with Crippen LogP contribution in [0.3, 0.4) is 0 Å². The zero-order valence-electron chi connectivity index (χ0n) is 8.75. The Morgan fingerprint density at radius 1 is 1.53 bits per heavy atom. The average Bonchev–Trinajstić information content (AvgIpc) is 1.99. The predicted molar refractivity (Wildman–Crippen MR) is 63.1 cm³/mol. The molecule has 0 heterocycles. The number of rotatable bonds is 3. The normalized spacial score (nSPS) is 11.1. The van der Waals surface area contributed by atoms with Gasteiger partial charge in [-0.1, -0.05) is 28.1 Å². The lowest BCUT2D eigenvalue weighted by Gasteiger charge is -2.24. The van der Waals surface area contributed by atoms with Crippen molar-refractivity contribution in [2.45, 2.75) is 25.8 Å². The molecular formula is C11H14BrNO2. The highest BCUT2D eigenvalue weighted by Crippen LogP contribution is 2.17. The van der Waals surface area contributed by atoms with E-state index in [0.29, 0.717) is 6.42 Å². The van der Waals surface area contributed by atoms with Crippen molar-refractivity contribution < 1.29 is 9.90 Å². The van der Waals surface area contributed by atoms with Gasteiger partial charge in [0.1, 0.15) is 0 Å². The number of carboxylic acid groups (broad SMARTS) is 1. The van der Waals surface area contributed by atoms with Gasteiger partial charge in [0.05, 0.1) is 0 Å². The minimum atomic E-state index is -0.991. The lowest BCUT2D eigenvalue weighted by atomic mass is 9.95. The molecule has 0 aliphatic heterocycles. The maximum atomic E-state index is 10.6. The van der Waals surface area contributed by atoms with Crippen LogP contribution in [0, 0.1) is 0 Å². The molecule has 0 fully saturated rings. The second-order valence-electron chi connectivity index (χ2n) is 4.12. The van der Waals surface area contributed by atoms with E-state index in [1.54, 1.807) is 0 Å². The van der Waals surface area contributed by atoms with E-state index in [0.717, 1.165) is 10.0 Å². The van der Waals surface area contributed by atoms with Crippen LogP contribution in [0.1, 0.15) is 19.4 Å². The maximum absolute atomic E-state index is 10.6. The zero-order chi connectivity index (χ0) is 11.5. The van der Waals surface area contributed by atoms with Crippen molar-refractivity contribution in [2.75, 3.05) is 0 Å². The SMILES string of the molecule is CC(C)(Cc1cccc(Br)c1)NC(=O)O. The first kappa shape index (κ1) is 12.0. The third-order valence-corrected chi connectivity index (χ3v) is 2.47. The van der Waals surface area contributed by atoms with E-state index < -0.39 is 11.6 Å². The van der Waals surface area contributed by atoms with Gasteiger partial charge >= 0.3 is 6.09 Å². The summed E-state index contributed by atoms with van der Waals surface area (Å²) in [7, 11) is 0. The molecule has 0 radical (unpaired) electrons. The Morgan fingerprint density at radius 3 is 2.73 bits per heavy atom. The Kier molecular flexibility index (Phi) is 3.74. The fourth-order valence-corrected chi connectivity index (χ4v) is 1.94. The summed E-state index contributed by atoms with van der Waals surface area (Å²) in [5.41, 5.74) is 0.648. The molecule has 15 heavy (non-hydrogen) atoms. The van der Waals surface area contributed by atoms with Crippen molar-refractivity contribution in [3.05, 3.63) is 34.3 Å². The largest absolute Gasteiger partial charge is 0.465 e. The first-order chi connectivity index (χ1) is 6.89. The summed E-state index contributed by atoms with van der Waals surface area (Å²) in [6.07, 6.45) is -0.325. The fourth-order valence-electron chi connectivity index (χ4n) is 1.49. The van der Waals surface area contributed by atoms with Gasteiger partial charge in [-0.15, -0.1) is 0 Å². The molecule has 4 heteroatoms. The highest BCUT2D eigenvalue weighted by molar-refractivity contribution is 9.10. The molecule has 0 aliphatic carbocycles. The summed E-state index contributed by atoms with van der Waals surface area (Å²) in [4.78, 5) is 10.6. The maximum Gasteiger partial charge on any atom is 0.405 e. The molecular weight excluding hydrogens is 258 g/mol. The summed E-state index contributed by atoms with van der Waals surface area (Å²) in [6, 6.07) is 7.86. The standard InChI is InChI=1S/C11H14BrNO2/c1-11(2,13-10(14)15)7-8-4-3-5-9(12)6-8/h3-6,13H,7H2,1-2H3,(H,14,15). The van der Waals surface area contributed by atoms with Crippen LogP contribution in [-0.4, -0.2) is 16.7 Å². The van der Waals surface area contributed by atoms with Gasteiger partial charge in [-0.05, 0) is 38.0 Å². The van der Waals surface area contributed by atoms with Crippen molar-refractivity contribution in [3.63, 3.8) is 0 Å². The molecule has 0 bridgehead atoms. The molecule has 0 atom stereocenters. The molecule has 82 valence electrons. The molecule has 3 nitrogen and oxygen atoms in total. The number of amides is 1. The Labute approximate surface area is 97.6 Å². The van der Waals surface area contributed by atoms with E-state index in [1.165, 1.54) is 0 Å². The van der Waals surface area contributed by atoms with Crippen molar-refractivity contribution >= 4 is 22.0 Å². The van der Waals surface area contributed by atoms with Crippen molar-refractivity contribution in [2.24, 2.45) is 0 Å². The van der Waals surface area contributed by atoms with Crippen LogP contribution in [0.2, 0.25) is 0 Å². The van der Waals surface area contributed by atoms with E-state index in [4.69, 9.17) is 5.11 Å². The Bertz CT molecular complexity index is 363. The monoisotopic (exact) mass is 271 g/mol. The first-order valence-electron chi connectivity index (χ1n) is 4.65. The van der Waals surface area contributed by atoms with Gasteiger partial charge in [0, 0.05) is 10.0 Å². The summed E-state index contributed by atoms with van der Waals surface area (Å²) >= 11 is 3.38. The molecule has 1 rings (SSSR count). The number of nitrogens with one attached hydrogen (secondary N) is 1. The lowest BCUT2D eigenvalue weighted by Crippen LogP contribution is -2.44. The minimum Gasteiger partial charge on any atom is -0.465 e. The van der Waals surface area contributed by atoms with Crippen LogP contribution in [-0.2, 0) is 6.42 Å². The molecule has 0 saturated heterocycles. The molecule has 0 aromatic heterocycles. The molecule has 0 aliphatic rings. The van der Waals surface area contributed by atoms with Crippen LogP contribution in [0.25, 0.3) is 0 Å². The lowest BCUT2D eigenvalue weighted by molar-refractivity contribution is 0.182. The third kappa shape index (κ3) is 4.34. The second kappa shape index (κ2) is 4.66. The van der Waals surface area contributed by atoms with Gasteiger partial charge in [-0.25, -0.2) is 4.79 Å². The second-order valence-corrected chi connectivity index (χ2v) is 5.04. The van der Waals surface area contributed by atoms with Crippen LogP contribution < -0.4 is 5.32 Å². The molecule has 0 saturated carbocycles. The summed E-state index contributed by atoms with van der Waals surface area (Å²) in [5.74, 6) is 0. The summed E-state index contributed by atoms with van der Waals surface area (Å²) in [5, 5.41) is 11.1. The van der Waals surface area contributed by atoms with Crippen LogP contribution in [0.4, 0.5) is 4.79 Å². The van der Waals surface area contributed by atoms with Crippen molar-refractivity contribution in [3.8, 4) is 0 Å². The van der Waals surface area contributed by atoms with Crippen LogP contribution in [0.15, 0.2) is 28.7 Å². The topological polar surface area (TPSA) is 49.3 Å². The van der Waals surface area contributed by atoms with Crippen LogP contribution in [0.5, 0.6) is 0 Å². The fraction of sp³-hybridized carbons (Fsp3) is 0.364. The van der Waals surface area contributed by atoms with Crippen LogP contribution >= 0.6 is 15.9 Å². The van der Waals surface area contributed by atoms with E-state index >= 15 is 0 Å². The highest BCUT2D eigenvalue weighted by atomic mass is 79.9. The van der Waals surface area contributed by atoms with Gasteiger partial charge in [0.25, 0.3) is 0 Å². The number of hydrogen-bond acceptors (Lipinski definition) is 1. The Hall–Kier alpha value is -1.03. The predicted octanol–water partition coefficient (Wildman–Crippen LogP) is 3.04. The molecule has 1 aromatic rings. The Balaban J connectivity index is 2.72. The highest BCUT2D eigenvalue weighted by Gasteiger charge is 2.20. The first-order valence-corrected chi connectivity index (χ1v) is 5.44. The smallest absolute Gasteiger partial charge is 0.405 e. The van der Waals surface area contributed by atoms with E-state index in [-0.39, 0.29) is 0 Å². The third-order valence-electron chi connectivity index (χ3n) is 1.98. The van der Waals surface area contributed by atoms with Crippen molar-refractivity contribution in [1.29, 1.82) is 0 Å². The van der Waals surface area contributed by atoms with Gasteiger partial charge in [0.15, 0.2) is 0 Å². The minimum absolute atomic E-state index is 0.452. The molecule has 0 spiro atoms. The van der Waals surface area contributed by atoms with E-state index in [1.807, 2.05) is 38.1 Å². The van der Waals surface area contributed by atoms with Gasteiger partial charge in [0.2, 0.25) is 0 Å². The van der Waals surface area contributed by atoms with Crippen molar-refractivity contribution in [1.82, 2.24) is 5.32 Å². The van der Waals surface area contributed by atoms with Gasteiger partial charge < -0.3 is 10.4 Å². The summed E-state index contributed by atoms with van der Waals surface area (Å²) in [6.45, 7) is 3.73. The Morgan fingerprint density at radius 2 is 2.20 bits per heavy atom. The quantitative estimate of drug-likeness (QED) is 0.888. The molecule has 2 N–H and O–H groups in total. The van der Waals surface area contributed by atoms with E-state index in [2.05, 4.69) is 21.2 Å².